The number of nitriles is 2. The smallest absolute Gasteiger partial charge is 0.496 e. The molecule has 0 saturated carbocycles. The zero-order valence-electron chi connectivity index (χ0n) is 10.3. The summed E-state index contributed by atoms with van der Waals surface area (Å²) in [4.78, 5) is 11.0. The minimum Gasteiger partial charge on any atom is -0.496 e. The number of carbonyl (C=O) groups is 1. The normalized spacial score (nSPS) is 8.63. The van der Waals surface area contributed by atoms with Crippen LogP contribution in [0.5, 0.6) is 11.5 Å². The van der Waals surface area contributed by atoms with Crippen LogP contribution in [0.15, 0.2) is 23.8 Å². The van der Waals surface area contributed by atoms with Gasteiger partial charge in [-0.2, -0.15) is 10.5 Å². The third-order valence-electron chi connectivity index (χ3n) is 2.11. The first-order chi connectivity index (χ1) is 9.14. The molecule has 0 bridgehead atoms. The predicted octanol–water partition coefficient (Wildman–Crippen LogP) is 2.27. The highest BCUT2D eigenvalue weighted by molar-refractivity contribution is 5.69. The molecule has 0 atom stereocenters. The van der Waals surface area contributed by atoms with Gasteiger partial charge in [-0.1, -0.05) is 0 Å². The molecule has 0 N–H and O–H groups in total. The fourth-order valence-corrected chi connectivity index (χ4v) is 1.27. The Labute approximate surface area is 110 Å². The molecule has 0 fully saturated rings. The van der Waals surface area contributed by atoms with Crippen molar-refractivity contribution >= 4 is 12.2 Å². The molecule has 0 aliphatic heterocycles. The van der Waals surface area contributed by atoms with Gasteiger partial charge in [-0.25, -0.2) is 4.79 Å². The molecule has 0 amide bonds. The van der Waals surface area contributed by atoms with Gasteiger partial charge in [0.25, 0.3) is 0 Å². The van der Waals surface area contributed by atoms with Crippen LogP contribution in [0.3, 0.4) is 0 Å². The second-order valence-corrected chi connectivity index (χ2v) is 3.24. The van der Waals surface area contributed by atoms with Crippen LogP contribution >= 0.6 is 0 Å². The number of carbonyl (C=O) groups excluding carboxylic acids is 1. The number of ether oxygens (including phenoxy) is 3. The van der Waals surface area contributed by atoms with Crippen molar-refractivity contribution in [3.63, 3.8) is 0 Å². The van der Waals surface area contributed by atoms with Crippen LogP contribution in [0.4, 0.5) is 4.79 Å². The van der Waals surface area contributed by atoms with Crippen LogP contribution in [-0.2, 0) is 4.74 Å². The zero-order valence-corrected chi connectivity index (χ0v) is 10.3. The first kappa shape index (κ1) is 14.1. The van der Waals surface area contributed by atoms with Gasteiger partial charge in [0.2, 0.25) is 0 Å². The third kappa shape index (κ3) is 3.76. The van der Waals surface area contributed by atoms with E-state index >= 15 is 0 Å². The van der Waals surface area contributed by atoms with Crippen molar-refractivity contribution in [3.8, 4) is 23.6 Å². The summed E-state index contributed by atoms with van der Waals surface area (Å²) in [5.74, 6) is 0.661. The van der Waals surface area contributed by atoms with Crippen LogP contribution in [0, 0.1) is 22.7 Å². The van der Waals surface area contributed by atoms with Gasteiger partial charge in [0, 0.05) is 5.56 Å². The number of allylic oxidation sites excluding steroid dienone is 1. The topological polar surface area (TPSA) is 92.3 Å². The molecule has 0 heterocycles. The summed E-state index contributed by atoms with van der Waals surface area (Å²) in [5, 5.41) is 17.4. The van der Waals surface area contributed by atoms with E-state index in [2.05, 4.69) is 4.74 Å². The summed E-state index contributed by atoms with van der Waals surface area (Å²) < 4.78 is 14.3. The maximum atomic E-state index is 11.0. The van der Waals surface area contributed by atoms with E-state index in [1.54, 1.807) is 18.2 Å². The van der Waals surface area contributed by atoms with Gasteiger partial charge >= 0.3 is 6.16 Å². The van der Waals surface area contributed by atoms with Gasteiger partial charge in [0.05, 0.1) is 14.2 Å². The van der Waals surface area contributed by atoms with E-state index in [1.807, 2.05) is 0 Å². The molecule has 96 valence electrons. The number of hydrogen-bond acceptors (Lipinski definition) is 6. The molecule has 0 aliphatic rings. The minimum absolute atomic E-state index is 0.0893. The summed E-state index contributed by atoms with van der Waals surface area (Å²) in [6, 6.07) is 7.99. The van der Waals surface area contributed by atoms with Crippen molar-refractivity contribution in [3.05, 3.63) is 29.3 Å². The maximum absolute atomic E-state index is 11.0. The van der Waals surface area contributed by atoms with E-state index < -0.39 is 6.16 Å². The van der Waals surface area contributed by atoms with E-state index in [1.165, 1.54) is 32.4 Å². The minimum atomic E-state index is -0.860. The number of nitrogens with zero attached hydrogens (tertiary/aromatic N) is 2. The predicted molar refractivity (Wildman–Crippen MR) is 65.2 cm³/mol. The highest BCUT2D eigenvalue weighted by Gasteiger charge is 2.08. The summed E-state index contributed by atoms with van der Waals surface area (Å²) in [5.41, 5.74) is 0.357. The summed E-state index contributed by atoms with van der Waals surface area (Å²) in [6.07, 6.45) is 0.476. The van der Waals surface area contributed by atoms with Gasteiger partial charge < -0.3 is 14.2 Å². The van der Waals surface area contributed by atoms with Crippen LogP contribution < -0.4 is 9.47 Å². The van der Waals surface area contributed by atoms with Gasteiger partial charge in [0.1, 0.15) is 29.2 Å². The lowest BCUT2D eigenvalue weighted by atomic mass is 10.1. The standard InChI is InChI=1S/C13H10N2O4/c1-17-12-4-3-11(19-13(16)18-2)6-10(12)5-9(7-14)8-15/h3-6H,1-2H3. The molecule has 0 unspecified atom stereocenters. The van der Waals surface area contributed by atoms with Crippen LogP contribution in [0.2, 0.25) is 0 Å². The first-order valence-corrected chi connectivity index (χ1v) is 5.10. The second kappa shape index (κ2) is 6.67. The molecule has 0 saturated heterocycles. The van der Waals surface area contributed by atoms with Crippen molar-refractivity contribution in [2.45, 2.75) is 0 Å². The van der Waals surface area contributed by atoms with E-state index in [4.69, 9.17) is 20.0 Å². The van der Waals surface area contributed by atoms with Crippen LogP contribution in [0.1, 0.15) is 5.56 Å². The number of methoxy groups -OCH3 is 2. The molecular weight excluding hydrogens is 248 g/mol. The van der Waals surface area contributed by atoms with Gasteiger partial charge in [-0.15, -0.1) is 0 Å². The van der Waals surface area contributed by atoms with Gasteiger partial charge in [-0.3, -0.25) is 0 Å². The van der Waals surface area contributed by atoms with Crippen LogP contribution in [-0.4, -0.2) is 20.4 Å². The first-order valence-electron chi connectivity index (χ1n) is 5.10. The Kier molecular flexibility index (Phi) is 4.94. The summed E-state index contributed by atoms with van der Waals surface area (Å²) in [6.45, 7) is 0. The van der Waals surface area contributed by atoms with Crippen molar-refractivity contribution in [2.75, 3.05) is 14.2 Å². The molecule has 0 radical (unpaired) electrons. The van der Waals surface area contributed by atoms with Crippen molar-refractivity contribution in [1.29, 1.82) is 10.5 Å². The Bertz CT molecular complexity index is 578. The molecular formula is C13H10N2O4. The van der Waals surface area contributed by atoms with E-state index in [0.29, 0.717) is 11.3 Å². The second-order valence-electron chi connectivity index (χ2n) is 3.24. The van der Waals surface area contributed by atoms with Crippen molar-refractivity contribution in [1.82, 2.24) is 0 Å². The number of benzene rings is 1. The average molecular weight is 258 g/mol. The summed E-state index contributed by atoms with van der Waals surface area (Å²) in [7, 11) is 2.64. The largest absolute Gasteiger partial charge is 0.513 e. The quantitative estimate of drug-likeness (QED) is 0.469. The van der Waals surface area contributed by atoms with Gasteiger partial charge in [-0.05, 0) is 24.3 Å². The maximum Gasteiger partial charge on any atom is 0.513 e. The fourth-order valence-electron chi connectivity index (χ4n) is 1.27. The fraction of sp³-hybridized carbons (Fsp3) is 0.154. The molecule has 19 heavy (non-hydrogen) atoms. The van der Waals surface area contributed by atoms with Crippen molar-refractivity contribution < 1.29 is 19.0 Å². The molecule has 1 aromatic carbocycles. The highest BCUT2D eigenvalue weighted by Crippen LogP contribution is 2.26. The Balaban J connectivity index is 3.18. The Morgan fingerprint density at radius 2 is 1.95 bits per heavy atom. The molecule has 6 heteroatoms. The monoisotopic (exact) mass is 258 g/mol. The zero-order chi connectivity index (χ0) is 14.3. The van der Waals surface area contributed by atoms with Gasteiger partial charge in [0.15, 0.2) is 0 Å². The lowest BCUT2D eigenvalue weighted by Crippen LogP contribution is -2.07. The highest BCUT2D eigenvalue weighted by atomic mass is 16.7. The molecule has 0 spiro atoms. The average Bonchev–Trinajstić information content (AvgIpc) is 2.44. The van der Waals surface area contributed by atoms with Crippen LogP contribution in [0.25, 0.3) is 6.08 Å². The summed E-state index contributed by atoms with van der Waals surface area (Å²) >= 11 is 0. The van der Waals surface area contributed by atoms with E-state index in [9.17, 15) is 4.79 Å². The van der Waals surface area contributed by atoms with E-state index in [0.717, 1.165) is 0 Å². The Morgan fingerprint density at radius 1 is 1.26 bits per heavy atom. The molecule has 0 aliphatic carbocycles. The van der Waals surface area contributed by atoms with Crippen molar-refractivity contribution in [2.24, 2.45) is 0 Å². The number of hydrogen-bond donors (Lipinski definition) is 0. The molecule has 1 rings (SSSR count). The molecule has 0 aromatic heterocycles. The lowest BCUT2D eigenvalue weighted by molar-refractivity contribution is 0.121. The lowest BCUT2D eigenvalue weighted by Gasteiger charge is -2.07. The Hall–Kier alpha value is -2.99. The van der Waals surface area contributed by atoms with E-state index in [-0.39, 0.29) is 11.3 Å². The SMILES string of the molecule is COC(=O)Oc1ccc(OC)c(C=C(C#N)C#N)c1. The number of rotatable bonds is 3. The third-order valence-corrected chi connectivity index (χ3v) is 2.11. The molecule has 1 aromatic rings. The molecule has 6 nitrogen and oxygen atoms in total. The Morgan fingerprint density at radius 3 is 2.47 bits per heavy atom.